The van der Waals surface area contributed by atoms with Crippen molar-refractivity contribution in [1.29, 1.82) is 0 Å². The summed E-state index contributed by atoms with van der Waals surface area (Å²) in [4.78, 5) is -0.477. The van der Waals surface area contributed by atoms with Gasteiger partial charge in [-0.15, -0.1) is 0 Å². The molecule has 0 aliphatic heterocycles. The van der Waals surface area contributed by atoms with Crippen molar-refractivity contribution in [1.82, 2.24) is 0 Å². The zero-order valence-corrected chi connectivity index (χ0v) is 13.0. The van der Waals surface area contributed by atoms with Gasteiger partial charge in [0.25, 0.3) is 10.0 Å². The van der Waals surface area contributed by atoms with Gasteiger partial charge in [0.1, 0.15) is 4.90 Å². The number of hydrogen-bond donors (Lipinski definition) is 1. The maximum atomic E-state index is 12.9. The molecule has 0 amide bonds. The number of anilines is 1. The third-order valence-electron chi connectivity index (χ3n) is 2.66. The predicted molar refractivity (Wildman–Crippen MR) is 78.7 cm³/mol. The predicted octanol–water partition coefficient (Wildman–Crippen LogP) is 4.81. The van der Waals surface area contributed by atoms with Gasteiger partial charge >= 0.3 is 6.18 Å². The summed E-state index contributed by atoms with van der Waals surface area (Å²) < 4.78 is 65.1. The van der Waals surface area contributed by atoms with Crippen molar-refractivity contribution in [2.45, 2.75) is 11.1 Å². The highest BCUT2D eigenvalue weighted by Gasteiger charge is 2.34. The van der Waals surface area contributed by atoms with Crippen LogP contribution in [0.3, 0.4) is 0 Å². The first-order valence-corrected chi connectivity index (χ1v) is 8.00. The van der Waals surface area contributed by atoms with Crippen LogP contribution in [-0.4, -0.2) is 8.42 Å². The molecule has 0 atom stereocenters. The molecule has 0 aromatic heterocycles. The molecule has 2 aromatic carbocycles. The number of sulfonamides is 1. The summed E-state index contributed by atoms with van der Waals surface area (Å²) in [6.45, 7) is 0. The van der Waals surface area contributed by atoms with Crippen molar-refractivity contribution in [3.63, 3.8) is 0 Å². The average Bonchev–Trinajstić information content (AvgIpc) is 2.36. The summed E-state index contributed by atoms with van der Waals surface area (Å²) in [5, 5.41) is -0.381. The van der Waals surface area contributed by atoms with Gasteiger partial charge in [0.2, 0.25) is 0 Å². The Labute approximate surface area is 134 Å². The number of alkyl halides is 3. The minimum absolute atomic E-state index is 0.190. The van der Waals surface area contributed by atoms with Crippen molar-refractivity contribution >= 4 is 38.9 Å². The zero-order valence-electron chi connectivity index (χ0n) is 10.7. The number of hydrogen-bond acceptors (Lipinski definition) is 2. The van der Waals surface area contributed by atoms with Gasteiger partial charge in [-0.1, -0.05) is 41.4 Å². The van der Waals surface area contributed by atoms with E-state index in [2.05, 4.69) is 0 Å². The van der Waals surface area contributed by atoms with Gasteiger partial charge in [0, 0.05) is 0 Å². The highest BCUT2D eigenvalue weighted by molar-refractivity contribution is 7.93. The number of halogens is 5. The second-order valence-electron chi connectivity index (χ2n) is 4.20. The van der Waals surface area contributed by atoms with Gasteiger partial charge < -0.3 is 0 Å². The summed E-state index contributed by atoms with van der Waals surface area (Å²) >= 11 is 11.6. The van der Waals surface area contributed by atoms with Crippen molar-refractivity contribution in [2.24, 2.45) is 0 Å². The van der Waals surface area contributed by atoms with E-state index in [4.69, 9.17) is 23.2 Å². The first kappa shape index (κ1) is 16.9. The lowest BCUT2D eigenvalue weighted by Gasteiger charge is -2.15. The van der Waals surface area contributed by atoms with Crippen LogP contribution >= 0.6 is 23.2 Å². The van der Waals surface area contributed by atoms with E-state index >= 15 is 0 Å². The Morgan fingerprint density at radius 2 is 1.45 bits per heavy atom. The smallest absolute Gasteiger partial charge is 0.279 e. The van der Waals surface area contributed by atoms with Crippen LogP contribution in [0.1, 0.15) is 5.56 Å². The van der Waals surface area contributed by atoms with Gasteiger partial charge in [-0.25, -0.2) is 8.42 Å². The number of benzene rings is 2. The molecule has 2 rings (SSSR count). The lowest BCUT2D eigenvalue weighted by Crippen LogP contribution is -2.17. The largest absolute Gasteiger partial charge is 0.418 e. The lowest BCUT2D eigenvalue weighted by atomic mass is 10.2. The SMILES string of the molecule is O=S(=O)(Nc1ccccc1C(F)(F)F)c1c(Cl)cccc1Cl. The van der Waals surface area contributed by atoms with Gasteiger partial charge in [-0.05, 0) is 24.3 Å². The van der Waals surface area contributed by atoms with Crippen LogP contribution in [0.4, 0.5) is 18.9 Å². The van der Waals surface area contributed by atoms with Crippen molar-refractivity contribution in [2.75, 3.05) is 4.72 Å². The zero-order chi connectivity index (χ0) is 16.5. The second-order valence-corrected chi connectivity index (χ2v) is 6.63. The topological polar surface area (TPSA) is 46.2 Å². The third-order valence-corrected chi connectivity index (χ3v) is 4.98. The fraction of sp³-hybridized carbons (Fsp3) is 0.0769. The normalized spacial score (nSPS) is 12.2. The van der Waals surface area contributed by atoms with Crippen molar-refractivity contribution < 1.29 is 21.6 Å². The molecule has 9 heteroatoms. The Kier molecular flexibility index (Phi) is 4.60. The van der Waals surface area contributed by atoms with E-state index in [0.717, 1.165) is 18.2 Å². The molecule has 0 spiro atoms. The Morgan fingerprint density at radius 1 is 0.909 bits per heavy atom. The van der Waals surface area contributed by atoms with Crippen LogP contribution in [-0.2, 0) is 16.2 Å². The van der Waals surface area contributed by atoms with Crippen LogP contribution in [0.25, 0.3) is 0 Å². The molecule has 2 aromatic rings. The highest BCUT2D eigenvalue weighted by atomic mass is 35.5. The van der Waals surface area contributed by atoms with Crippen LogP contribution < -0.4 is 4.72 Å². The van der Waals surface area contributed by atoms with E-state index in [1.807, 2.05) is 4.72 Å². The number of para-hydroxylation sites is 1. The lowest BCUT2D eigenvalue weighted by molar-refractivity contribution is -0.136. The Hall–Kier alpha value is -1.44. The summed E-state index contributed by atoms with van der Waals surface area (Å²) in [6, 6.07) is 8.18. The van der Waals surface area contributed by atoms with Gasteiger partial charge in [0.15, 0.2) is 0 Å². The Balaban J connectivity index is 2.52. The standard InChI is InChI=1S/C13H8Cl2F3NO2S/c14-9-5-3-6-10(15)12(9)22(20,21)19-11-7-2-1-4-8(11)13(16,17)18/h1-7,19H. The minimum Gasteiger partial charge on any atom is -0.279 e. The van der Waals surface area contributed by atoms with E-state index in [-0.39, 0.29) is 10.0 Å². The fourth-order valence-corrected chi connectivity index (χ4v) is 3.98. The van der Waals surface area contributed by atoms with E-state index in [0.29, 0.717) is 0 Å². The average molecular weight is 370 g/mol. The second kappa shape index (κ2) is 5.98. The maximum absolute atomic E-state index is 12.9. The van der Waals surface area contributed by atoms with E-state index in [1.54, 1.807) is 0 Å². The molecule has 0 aliphatic carbocycles. The van der Waals surface area contributed by atoms with Crippen LogP contribution in [0.2, 0.25) is 10.0 Å². The molecule has 1 N–H and O–H groups in total. The van der Waals surface area contributed by atoms with E-state index < -0.39 is 32.3 Å². The minimum atomic E-state index is -4.70. The van der Waals surface area contributed by atoms with E-state index in [1.165, 1.54) is 24.3 Å². The van der Waals surface area contributed by atoms with Gasteiger partial charge in [-0.2, -0.15) is 13.2 Å². The van der Waals surface area contributed by atoms with Crippen LogP contribution in [0, 0.1) is 0 Å². The first-order chi connectivity index (χ1) is 10.1. The first-order valence-electron chi connectivity index (χ1n) is 5.76. The molecular weight excluding hydrogens is 362 g/mol. The van der Waals surface area contributed by atoms with Crippen molar-refractivity contribution in [3.8, 4) is 0 Å². The molecule has 0 aliphatic rings. The molecular formula is C13H8Cl2F3NO2S. The summed E-state index contributed by atoms with van der Waals surface area (Å²) in [7, 11) is -4.37. The fourth-order valence-electron chi connectivity index (χ4n) is 1.75. The van der Waals surface area contributed by atoms with Crippen LogP contribution in [0.15, 0.2) is 47.4 Å². The summed E-state index contributed by atoms with van der Waals surface area (Å²) in [6.07, 6.45) is -4.70. The van der Waals surface area contributed by atoms with Gasteiger partial charge in [0.05, 0.1) is 21.3 Å². The molecule has 0 unspecified atom stereocenters. The monoisotopic (exact) mass is 369 g/mol. The number of rotatable bonds is 3. The molecule has 3 nitrogen and oxygen atoms in total. The Bertz CT molecular complexity index is 787. The number of nitrogens with one attached hydrogen (secondary N) is 1. The molecule has 0 fully saturated rings. The summed E-state index contributed by atoms with van der Waals surface area (Å²) in [5.41, 5.74) is -1.72. The summed E-state index contributed by atoms with van der Waals surface area (Å²) in [5.74, 6) is 0. The molecule has 0 saturated heterocycles. The maximum Gasteiger partial charge on any atom is 0.418 e. The van der Waals surface area contributed by atoms with Crippen LogP contribution in [0.5, 0.6) is 0 Å². The molecule has 0 radical (unpaired) electrons. The molecule has 22 heavy (non-hydrogen) atoms. The molecule has 118 valence electrons. The van der Waals surface area contributed by atoms with E-state index in [9.17, 15) is 21.6 Å². The quantitative estimate of drug-likeness (QED) is 0.843. The van der Waals surface area contributed by atoms with Crippen molar-refractivity contribution in [3.05, 3.63) is 58.1 Å². The molecule has 0 heterocycles. The third kappa shape index (κ3) is 3.48. The highest BCUT2D eigenvalue weighted by Crippen LogP contribution is 2.37. The molecule has 0 saturated carbocycles. The van der Waals surface area contributed by atoms with Gasteiger partial charge in [-0.3, -0.25) is 4.72 Å². The Morgan fingerprint density at radius 3 is 2.00 bits per heavy atom. The molecule has 0 bridgehead atoms.